The number of rotatable bonds is 1. The van der Waals surface area contributed by atoms with Gasteiger partial charge in [-0.15, -0.1) is 0 Å². The molecule has 0 aromatic heterocycles. The maximum atomic E-state index is 13.3. The Balaban J connectivity index is 2.98. The van der Waals surface area contributed by atoms with E-state index in [4.69, 9.17) is 11.5 Å². The average molecular weight is 206 g/mol. The van der Waals surface area contributed by atoms with Gasteiger partial charge in [0.15, 0.2) is 0 Å². The molecule has 3 nitrogen and oxygen atoms in total. The number of amides is 1. The van der Waals surface area contributed by atoms with Crippen molar-refractivity contribution in [2.45, 2.75) is 13.3 Å². The molecule has 0 atom stereocenters. The molecular weight excluding hydrogens is 195 g/mol. The van der Waals surface area contributed by atoms with Gasteiger partial charge in [-0.2, -0.15) is 0 Å². The van der Waals surface area contributed by atoms with Crippen LogP contribution in [0.5, 0.6) is 0 Å². The lowest BCUT2D eigenvalue weighted by Crippen LogP contribution is -2.08. The molecule has 0 bridgehead atoms. The quantitative estimate of drug-likeness (QED) is 0.530. The Morgan fingerprint density at radius 1 is 1.53 bits per heavy atom. The molecule has 78 valence electrons. The third-order valence-corrected chi connectivity index (χ3v) is 1.84. The highest BCUT2D eigenvalue weighted by molar-refractivity contribution is 5.76. The van der Waals surface area contributed by atoms with Gasteiger partial charge in [-0.05, 0) is 24.6 Å². The molecule has 0 saturated carbocycles. The summed E-state index contributed by atoms with van der Waals surface area (Å²) in [5.74, 6) is 3.99. The average Bonchev–Trinajstić information content (AvgIpc) is 2.13. The lowest BCUT2D eigenvalue weighted by atomic mass is 10.1. The number of hydrogen-bond acceptors (Lipinski definition) is 2. The van der Waals surface area contributed by atoms with Crippen molar-refractivity contribution < 1.29 is 9.18 Å². The lowest BCUT2D eigenvalue weighted by Gasteiger charge is -2.01. The van der Waals surface area contributed by atoms with Crippen LogP contribution in [0, 0.1) is 24.6 Å². The number of anilines is 1. The first kappa shape index (κ1) is 11.1. The first-order chi connectivity index (χ1) is 7.00. The summed E-state index contributed by atoms with van der Waals surface area (Å²) in [4.78, 5) is 10.4. The topological polar surface area (TPSA) is 69.1 Å². The monoisotopic (exact) mass is 206 g/mol. The number of benzene rings is 1. The highest BCUT2D eigenvalue weighted by Crippen LogP contribution is 2.16. The van der Waals surface area contributed by atoms with Crippen molar-refractivity contribution in [2.24, 2.45) is 5.73 Å². The molecule has 15 heavy (non-hydrogen) atoms. The minimum Gasteiger partial charge on any atom is -0.398 e. The Labute approximate surface area is 87.3 Å². The zero-order valence-corrected chi connectivity index (χ0v) is 8.30. The van der Waals surface area contributed by atoms with E-state index in [1.165, 1.54) is 12.1 Å². The third kappa shape index (κ3) is 2.99. The van der Waals surface area contributed by atoms with Crippen molar-refractivity contribution in [1.82, 2.24) is 0 Å². The molecule has 0 saturated heterocycles. The molecule has 0 fully saturated rings. The molecule has 0 aliphatic rings. The van der Waals surface area contributed by atoms with Crippen LogP contribution < -0.4 is 11.5 Å². The van der Waals surface area contributed by atoms with Crippen LogP contribution in [0.1, 0.15) is 17.5 Å². The van der Waals surface area contributed by atoms with Crippen molar-refractivity contribution in [3.63, 3.8) is 0 Å². The lowest BCUT2D eigenvalue weighted by molar-refractivity contribution is -0.117. The number of nitrogen functional groups attached to an aromatic ring is 1. The number of aryl methyl sites for hydroxylation is 1. The van der Waals surface area contributed by atoms with E-state index in [0.717, 1.165) is 0 Å². The molecule has 1 rings (SSSR count). The van der Waals surface area contributed by atoms with Gasteiger partial charge in [0, 0.05) is 5.69 Å². The summed E-state index contributed by atoms with van der Waals surface area (Å²) < 4.78 is 13.3. The molecule has 0 aliphatic carbocycles. The van der Waals surface area contributed by atoms with Crippen LogP contribution in [0.15, 0.2) is 12.1 Å². The maximum Gasteiger partial charge on any atom is 0.229 e. The van der Waals surface area contributed by atoms with E-state index in [9.17, 15) is 9.18 Å². The summed E-state index contributed by atoms with van der Waals surface area (Å²) in [7, 11) is 0. The molecule has 1 amide bonds. The van der Waals surface area contributed by atoms with Crippen LogP contribution in [-0.4, -0.2) is 5.91 Å². The Morgan fingerprint density at radius 3 is 2.80 bits per heavy atom. The Bertz CT molecular complexity index is 458. The summed E-state index contributed by atoms with van der Waals surface area (Å²) in [6.45, 7) is 1.71. The number of carbonyl (C=O) groups is 1. The Hall–Kier alpha value is -2.02. The Morgan fingerprint density at radius 2 is 2.20 bits per heavy atom. The van der Waals surface area contributed by atoms with Gasteiger partial charge < -0.3 is 11.5 Å². The highest BCUT2D eigenvalue weighted by Gasteiger charge is 2.02. The number of hydrogen-bond donors (Lipinski definition) is 2. The van der Waals surface area contributed by atoms with Gasteiger partial charge >= 0.3 is 0 Å². The van der Waals surface area contributed by atoms with E-state index in [1.807, 2.05) is 0 Å². The van der Waals surface area contributed by atoms with E-state index in [-0.39, 0.29) is 12.0 Å². The molecule has 4 N–H and O–H groups in total. The summed E-state index contributed by atoms with van der Waals surface area (Å²) in [5, 5.41) is 0. The summed E-state index contributed by atoms with van der Waals surface area (Å²) >= 11 is 0. The van der Waals surface area contributed by atoms with E-state index in [0.29, 0.717) is 11.3 Å². The first-order valence-electron chi connectivity index (χ1n) is 4.33. The van der Waals surface area contributed by atoms with Crippen LogP contribution in [-0.2, 0) is 4.79 Å². The minimum atomic E-state index is -0.539. The Kier molecular flexibility index (Phi) is 3.29. The zero-order chi connectivity index (χ0) is 11.4. The number of nitrogens with two attached hydrogens (primary N) is 2. The summed E-state index contributed by atoms with van der Waals surface area (Å²) in [6, 6.07) is 2.75. The second-order valence-corrected chi connectivity index (χ2v) is 3.13. The standard InChI is InChI=1S/C11H11FN2O/c1-7-5-9(12)8(6-10(7)13)3-2-4-11(14)15/h5-6H,4,13H2,1H3,(H2,14,15). The second-order valence-electron chi connectivity index (χ2n) is 3.13. The fourth-order valence-electron chi connectivity index (χ4n) is 1.01. The molecule has 4 heteroatoms. The van der Waals surface area contributed by atoms with Gasteiger partial charge in [0.05, 0.1) is 12.0 Å². The number of carbonyl (C=O) groups excluding carboxylic acids is 1. The van der Waals surface area contributed by atoms with Crippen molar-refractivity contribution in [2.75, 3.05) is 5.73 Å². The normalized spacial score (nSPS) is 9.20. The molecule has 0 spiro atoms. The first-order valence-corrected chi connectivity index (χ1v) is 4.33. The third-order valence-electron chi connectivity index (χ3n) is 1.84. The van der Waals surface area contributed by atoms with Crippen LogP contribution in [0.3, 0.4) is 0 Å². The van der Waals surface area contributed by atoms with Gasteiger partial charge in [0.2, 0.25) is 5.91 Å². The van der Waals surface area contributed by atoms with E-state index in [1.54, 1.807) is 6.92 Å². The van der Waals surface area contributed by atoms with Crippen molar-refractivity contribution in [3.8, 4) is 11.8 Å². The molecule has 0 aliphatic heterocycles. The van der Waals surface area contributed by atoms with Crippen molar-refractivity contribution in [1.29, 1.82) is 0 Å². The second kappa shape index (κ2) is 4.47. The van der Waals surface area contributed by atoms with Crippen LogP contribution in [0.25, 0.3) is 0 Å². The SMILES string of the molecule is Cc1cc(F)c(C#CCC(N)=O)cc1N. The molecular formula is C11H11FN2O. The van der Waals surface area contributed by atoms with Crippen LogP contribution in [0.4, 0.5) is 10.1 Å². The fraction of sp³-hybridized carbons (Fsp3) is 0.182. The van der Waals surface area contributed by atoms with E-state index < -0.39 is 11.7 Å². The zero-order valence-electron chi connectivity index (χ0n) is 8.30. The summed E-state index contributed by atoms with van der Waals surface area (Å²) in [6.07, 6.45) is -0.0901. The van der Waals surface area contributed by atoms with Crippen molar-refractivity contribution >= 4 is 11.6 Å². The molecule has 0 radical (unpaired) electrons. The highest BCUT2D eigenvalue weighted by atomic mass is 19.1. The molecule has 0 heterocycles. The van der Waals surface area contributed by atoms with E-state index >= 15 is 0 Å². The van der Waals surface area contributed by atoms with Gasteiger partial charge in [-0.3, -0.25) is 4.79 Å². The van der Waals surface area contributed by atoms with E-state index in [2.05, 4.69) is 11.8 Å². The van der Waals surface area contributed by atoms with Gasteiger partial charge in [-0.25, -0.2) is 4.39 Å². The van der Waals surface area contributed by atoms with Gasteiger partial charge in [-0.1, -0.05) is 11.8 Å². The number of halogens is 1. The molecule has 1 aromatic rings. The minimum absolute atomic E-state index is 0.0901. The van der Waals surface area contributed by atoms with Gasteiger partial charge in [0.1, 0.15) is 5.82 Å². The predicted molar refractivity (Wildman–Crippen MR) is 56.2 cm³/mol. The predicted octanol–water partition coefficient (Wildman–Crippen LogP) is 0.943. The smallest absolute Gasteiger partial charge is 0.229 e. The van der Waals surface area contributed by atoms with Crippen LogP contribution >= 0.6 is 0 Å². The molecule has 1 aromatic carbocycles. The maximum absolute atomic E-state index is 13.3. The van der Waals surface area contributed by atoms with Crippen molar-refractivity contribution in [3.05, 3.63) is 29.1 Å². The largest absolute Gasteiger partial charge is 0.398 e. The number of primary amides is 1. The summed E-state index contributed by atoms with van der Waals surface area (Å²) in [5.41, 5.74) is 11.8. The van der Waals surface area contributed by atoms with Gasteiger partial charge in [0.25, 0.3) is 0 Å². The fourth-order valence-corrected chi connectivity index (χ4v) is 1.01. The van der Waals surface area contributed by atoms with Crippen LogP contribution in [0.2, 0.25) is 0 Å². The molecule has 0 unspecified atom stereocenters.